The lowest BCUT2D eigenvalue weighted by molar-refractivity contribution is -0.113. The third-order valence-electron chi connectivity index (χ3n) is 4.08. The van der Waals surface area contributed by atoms with Crippen molar-refractivity contribution in [3.8, 4) is 0 Å². The number of carbonyl (C=O) groups is 2. The molecule has 0 spiro atoms. The normalized spacial score (nSPS) is 10.7. The topological polar surface area (TPSA) is 97.1 Å². The van der Waals surface area contributed by atoms with E-state index in [4.69, 9.17) is 27.6 Å². The maximum absolute atomic E-state index is 12.4. The molecule has 1 aromatic heterocycles. The molecule has 3 aromatic rings. The quantitative estimate of drug-likeness (QED) is 0.503. The van der Waals surface area contributed by atoms with Crippen molar-refractivity contribution in [2.45, 2.75) is 18.6 Å². The van der Waals surface area contributed by atoms with E-state index in [0.29, 0.717) is 39.2 Å². The maximum Gasteiger partial charge on any atom is 0.277 e. The second-order valence-electron chi connectivity index (χ2n) is 6.33. The molecule has 0 unspecified atom stereocenters. The number of amides is 2. The Morgan fingerprint density at radius 2 is 1.83 bits per heavy atom. The predicted octanol–water partition coefficient (Wildman–Crippen LogP) is 4.37. The Morgan fingerprint density at radius 3 is 2.53 bits per heavy atom. The first-order valence-electron chi connectivity index (χ1n) is 8.87. The van der Waals surface area contributed by atoms with Gasteiger partial charge in [-0.1, -0.05) is 47.1 Å². The van der Waals surface area contributed by atoms with Crippen LogP contribution in [0.2, 0.25) is 10.0 Å². The molecule has 156 valence electrons. The number of nitrogens with zero attached hydrogens (tertiary/aromatic N) is 2. The second-order valence-corrected chi connectivity index (χ2v) is 8.13. The SMILES string of the molecule is CNC(=O)c1cc(Cl)cc(C)c1NC(=O)CSc1nnc(Cc2ccc(Cl)cc2)o1. The fourth-order valence-electron chi connectivity index (χ4n) is 2.67. The van der Waals surface area contributed by atoms with Crippen LogP contribution < -0.4 is 10.6 Å². The number of nitrogens with one attached hydrogen (secondary N) is 2. The molecule has 7 nitrogen and oxygen atoms in total. The van der Waals surface area contributed by atoms with Crippen molar-refractivity contribution in [2.75, 3.05) is 18.1 Å². The van der Waals surface area contributed by atoms with Gasteiger partial charge in [0, 0.05) is 17.1 Å². The van der Waals surface area contributed by atoms with Crippen molar-refractivity contribution >= 4 is 52.5 Å². The number of benzene rings is 2. The zero-order valence-corrected chi connectivity index (χ0v) is 18.5. The summed E-state index contributed by atoms with van der Waals surface area (Å²) in [4.78, 5) is 24.5. The van der Waals surface area contributed by atoms with Gasteiger partial charge in [-0.25, -0.2) is 0 Å². The Morgan fingerprint density at radius 1 is 1.10 bits per heavy atom. The molecule has 2 aromatic carbocycles. The van der Waals surface area contributed by atoms with E-state index in [9.17, 15) is 9.59 Å². The van der Waals surface area contributed by atoms with E-state index in [1.54, 1.807) is 25.1 Å². The van der Waals surface area contributed by atoms with Gasteiger partial charge in [-0.15, -0.1) is 10.2 Å². The van der Waals surface area contributed by atoms with Gasteiger partial charge in [0.1, 0.15) is 0 Å². The van der Waals surface area contributed by atoms with Crippen LogP contribution in [-0.2, 0) is 11.2 Å². The van der Waals surface area contributed by atoms with Crippen LogP contribution in [-0.4, -0.2) is 34.8 Å². The molecule has 30 heavy (non-hydrogen) atoms. The molecule has 0 aliphatic heterocycles. The minimum absolute atomic E-state index is 0.0395. The number of thioether (sulfide) groups is 1. The molecule has 1 heterocycles. The Kier molecular flexibility index (Phi) is 7.36. The van der Waals surface area contributed by atoms with Crippen molar-refractivity contribution < 1.29 is 14.0 Å². The van der Waals surface area contributed by atoms with Crippen molar-refractivity contribution in [3.05, 3.63) is 69.0 Å². The minimum atomic E-state index is -0.340. The first-order chi connectivity index (χ1) is 14.4. The van der Waals surface area contributed by atoms with Gasteiger partial charge in [-0.2, -0.15) is 0 Å². The van der Waals surface area contributed by atoms with Gasteiger partial charge < -0.3 is 15.1 Å². The molecule has 0 fully saturated rings. The van der Waals surface area contributed by atoms with Gasteiger partial charge in [0.05, 0.1) is 23.4 Å². The molecule has 0 aliphatic rings. The minimum Gasteiger partial charge on any atom is -0.416 e. The summed E-state index contributed by atoms with van der Waals surface area (Å²) in [5, 5.41) is 14.6. The standard InChI is InChI=1S/C20H18Cl2N4O3S/c1-11-7-14(22)9-15(19(28)23-2)18(11)24-16(27)10-30-20-26-25-17(29-20)8-12-3-5-13(21)6-4-12/h3-7,9H,8,10H2,1-2H3,(H,23,28)(H,24,27). The lowest BCUT2D eigenvalue weighted by atomic mass is 10.1. The Hall–Kier alpha value is -2.55. The first kappa shape index (κ1) is 22.1. The Balaban J connectivity index is 1.61. The molecule has 2 amide bonds. The molecule has 0 bridgehead atoms. The summed E-state index contributed by atoms with van der Waals surface area (Å²) >= 11 is 13.0. The second kappa shape index (κ2) is 9.97. The van der Waals surface area contributed by atoms with Crippen LogP contribution in [0.25, 0.3) is 0 Å². The van der Waals surface area contributed by atoms with Crippen LogP contribution in [0.3, 0.4) is 0 Å². The van der Waals surface area contributed by atoms with E-state index in [0.717, 1.165) is 17.3 Å². The number of hydrogen-bond acceptors (Lipinski definition) is 6. The summed E-state index contributed by atoms with van der Waals surface area (Å²) in [5.74, 6) is -0.173. The highest BCUT2D eigenvalue weighted by molar-refractivity contribution is 7.99. The summed E-state index contributed by atoms with van der Waals surface area (Å²) in [7, 11) is 1.51. The summed E-state index contributed by atoms with van der Waals surface area (Å²) in [5.41, 5.74) is 2.38. The lowest BCUT2D eigenvalue weighted by Gasteiger charge is -2.13. The molecule has 0 radical (unpaired) electrons. The molecule has 3 rings (SSSR count). The largest absolute Gasteiger partial charge is 0.416 e. The summed E-state index contributed by atoms with van der Waals surface area (Å²) < 4.78 is 5.58. The third-order valence-corrected chi connectivity index (χ3v) is 5.37. The number of carbonyl (C=O) groups excluding carboxylic acids is 2. The van der Waals surface area contributed by atoms with Crippen molar-refractivity contribution in [1.82, 2.24) is 15.5 Å². The van der Waals surface area contributed by atoms with E-state index in [2.05, 4.69) is 20.8 Å². The van der Waals surface area contributed by atoms with Crippen molar-refractivity contribution in [1.29, 1.82) is 0 Å². The van der Waals surface area contributed by atoms with E-state index < -0.39 is 0 Å². The van der Waals surface area contributed by atoms with E-state index >= 15 is 0 Å². The zero-order chi connectivity index (χ0) is 21.7. The van der Waals surface area contributed by atoms with Gasteiger partial charge in [0.25, 0.3) is 11.1 Å². The molecule has 0 aliphatic carbocycles. The first-order valence-corrected chi connectivity index (χ1v) is 10.6. The molecule has 10 heteroatoms. The van der Waals surface area contributed by atoms with Gasteiger partial charge >= 0.3 is 0 Å². The van der Waals surface area contributed by atoms with Crippen LogP contribution in [0.15, 0.2) is 46.0 Å². The Labute approximate surface area is 187 Å². The average molecular weight is 465 g/mol. The van der Waals surface area contributed by atoms with Gasteiger partial charge in [0.15, 0.2) is 0 Å². The van der Waals surface area contributed by atoms with Crippen LogP contribution in [0.5, 0.6) is 0 Å². The molecule has 0 saturated carbocycles. The molecule has 0 saturated heterocycles. The van der Waals surface area contributed by atoms with Gasteiger partial charge in [-0.05, 0) is 42.3 Å². The van der Waals surface area contributed by atoms with Gasteiger partial charge in [0.2, 0.25) is 11.8 Å². The number of hydrogen-bond donors (Lipinski definition) is 2. The van der Waals surface area contributed by atoms with Crippen LogP contribution in [0.4, 0.5) is 5.69 Å². The van der Waals surface area contributed by atoms with Crippen LogP contribution >= 0.6 is 35.0 Å². The summed E-state index contributed by atoms with van der Waals surface area (Å²) in [6.45, 7) is 1.77. The lowest BCUT2D eigenvalue weighted by Crippen LogP contribution is -2.23. The van der Waals surface area contributed by atoms with E-state index in [1.807, 2.05) is 12.1 Å². The molecule has 0 atom stereocenters. The van der Waals surface area contributed by atoms with E-state index in [1.165, 1.54) is 13.1 Å². The average Bonchev–Trinajstić information content (AvgIpc) is 3.16. The number of aryl methyl sites for hydroxylation is 1. The van der Waals surface area contributed by atoms with Crippen LogP contribution in [0.1, 0.15) is 27.4 Å². The van der Waals surface area contributed by atoms with E-state index in [-0.39, 0.29) is 22.8 Å². The smallest absolute Gasteiger partial charge is 0.277 e. The number of anilines is 1. The third kappa shape index (κ3) is 5.75. The zero-order valence-electron chi connectivity index (χ0n) is 16.2. The fraction of sp³-hybridized carbons (Fsp3) is 0.200. The highest BCUT2D eigenvalue weighted by Crippen LogP contribution is 2.26. The number of rotatable bonds is 7. The van der Waals surface area contributed by atoms with Crippen molar-refractivity contribution in [3.63, 3.8) is 0 Å². The predicted molar refractivity (Wildman–Crippen MR) is 117 cm³/mol. The highest BCUT2D eigenvalue weighted by Gasteiger charge is 2.17. The van der Waals surface area contributed by atoms with Crippen LogP contribution in [0, 0.1) is 6.92 Å². The van der Waals surface area contributed by atoms with Crippen molar-refractivity contribution in [2.24, 2.45) is 0 Å². The monoisotopic (exact) mass is 464 g/mol. The summed E-state index contributed by atoms with van der Waals surface area (Å²) in [6.07, 6.45) is 0.469. The maximum atomic E-state index is 12.4. The summed E-state index contributed by atoms with van der Waals surface area (Å²) in [6, 6.07) is 10.5. The molecular formula is C20H18Cl2N4O3S. The molecular weight excluding hydrogens is 447 g/mol. The fourth-order valence-corrected chi connectivity index (χ4v) is 3.65. The van der Waals surface area contributed by atoms with Gasteiger partial charge in [-0.3, -0.25) is 9.59 Å². The Bertz CT molecular complexity index is 1070. The highest BCUT2D eigenvalue weighted by atomic mass is 35.5. The number of aromatic nitrogens is 2. The number of halogens is 2. The molecule has 2 N–H and O–H groups in total.